The second-order valence-corrected chi connectivity index (χ2v) is 2.61. The first-order valence-electron chi connectivity index (χ1n) is 3.28. The zero-order chi connectivity index (χ0) is 10.0. The highest BCUT2D eigenvalue weighted by atomic mass is 35.5. The van der Waals surface area contributed by atoms with Crippen LogP contribution in [0.1, 0.15) is 10.4 Å². The van der Waals surface area contributed by atoms with Gasteiger partial charge in [-0.05, 0) is 6.07 Å². The minimum atomic E-state index is -1.07. The Bertz CT molecular complexity index is 352. The summed E-state index contributed by atoms with van der Waals surface area (Å²) in [6.45, 7) is 0. The van der Waals surface area contributed by atoms with Gasteiger partial charge >= 0.3 is 0 Å². The normalized spacial score (nSPS) is 9.85. The summed E-state index contributed by atoms with van der Waals surface area (Å²) >= 11 is 5.26. The van der Waals surface area contributed by atoms with Crippen LogP contribution in [0.2, 0.25) is 5.02 Å². The molecule has 0 aliphatic carbocycles. The van der Waals surface area contributed by atoms with Crippen molar-refractivity contribution in [1.82, 2.24) is 0 Å². The zero-order valence-corrected chi connectivity index (χ0v) is 7.36. The molecule has 0 aliphatic heterocycles. The van der Waals surface area contributed by atoms with E-state index in [-0.39, 0.29) is 17.6 Å². The van der Waals surface area contributed by atoms with Crippen molar-refractivity contribution in [1.29, 1.82) is 0 Å². The fraction of sp³-hybridized carbons (Fsp3) is 0.125. The lowest BCUT2D eigenvalue weighted by Gasteiger charge is -2.05. The lowest BCUT2D eigenvalue weighted by Crippen LogP contribution is -1.96. The number of benzene rings is 1. The Morgan fingerprint density at radius 1 is 1.46 bits per heavy atom. The monoisotopic (exact) mass is 206 g/mol. The summed E-state index contributed by atoms with van der Waals surface area (Å²) < 4.78 is 30.4. The van der Waals surface area contributed by atoms with Crippen LogP contribution < -0.4 is 4.74 Å². The van der Waals surface area contributed by atoms with E-state index in [1.807, 2.05) is 0 Å². The Morgan fingerprint density at radius 3 is 2.54 bits per heavy atom. The molecule has 0 radical (unpaired) electrons. The van der Waals surface area contributed by atoms with Gasteiger partial charge in [-0.2, -0.15) is 0 Å². The Balaban J connectivity index is 3.45. The molecular weight excluding hydrogens is 202 g/mol. The van der Waals surface area contributed by atoms with Gasteiger partial charge in [-0.3, -0.25) is 4.79 Å². The van der Waals surface area contributed by atoms with E-state index in [4.69, 9.17) is 11.6 Å². The highest BCUT2D eigenvalue weighted by Crippen LogP contribution is 2.29. The first-order chi connectivity index (χ1) is 6.11. The van der Waals surface area contributed by atoms with Gasteiger partial charge in [0.1, 0.15) is 5.02 Å². The predicted octanol–water partition coefficient (Wildman–Crippen LogP) is 2.44. The van der Waals surface area contributed by atoms with E-state index < -0.39 is 16.7 Å². The van der Waals surface area contributed by atoms with E-state index in [9.17, 15) is 13.6 Å². The maximum Gasteiger partial charge on any atom is 0.186 e. The van der Waals surface area contributed by atoms with Crippen LogP contribution in [0.5, 0.6) is 5.75 Å². The van der Waals surface area contributed by atoms with Crippen molar-refractivity contribution in [3.8, 4) is 5.75 Å². The van der Waals surface area contributed by atoms with Gasteiger partial charge < -0.3 is 4.74 Å². The maximum absolute atomic E-state index is 13.0. The Morgan fingerprint density at radius 2 is 2.08 bits per heavy atom. The Kier molecular flexibility index (Phi) is 2.83. The van der Waals surface area contributed by atoms with Crippen molar-refractivity contribution >= 4 is 17.9 Å². The van der Waals surface area contributed by atoms with Crippen molar-refractivity contribution in [3.63, 3.8) is 0 Å². The van der Waals surface area contributed by atoms with E-state index in [1.54, 1.807) is 0 Å². The molecule has 0 N–H and O–H groups in total. The molecule has 0 saturated heterocycles. The quantitative estimate of drug-likeness (QED) is 0.549. The average molecular weight is 207 g/mol. The molecule has 0 unspecified atom stereocenters. The molecule has 2 nitrogen and oxygen atoms in total. The van der Waals surface area contributed by atoms with Gasteiger partial charge in [-0.1, -0.05) is 11.6 Å². The van der Waals surface area contributed by atoms with E-state index in [0.717, 1.165) is 6.07 Å². The van der Waals surface area contributed by atoms with Gasteiger partial charge in [-0.25, -0.2) is 8.78 Å². The zero-order valence-electron chi connectivity index (χ0n) is 6.61. The van der Waals surface area contributed by atoms with E-state index in [0.29, 0.717) is 0 Å². The number of aldehydes is 1. The van der Waals surface area contributed by atoms with E-state index in [1.165, 1.54) is 7.11 Å². The molecule has 0 aliphatic rings. The standard InChI is InChI=1S/C8H5ClF2O2/c1-13-5-2-4(3-12)7(10)6(9)8(5)11/h2-3H,1H3. The third kappa shape index (κ3) is 1.62. The van der Waals surface area contributed by atoms with Crippen LogP contribution in [0.25, 0.3) is 0 Å². The number of carbonyl (C=O) groups excluding carboxylic acids is 1. The number of rotatable bonds is 2. The molecule has 0 saturated carbocycles. The van der Waals surface area contributed by atoms with Crippen LogP contribution in [0, 0.1) is 11.6 Å². The second-order valence-electron chi connectivity index (χ2n) is 2.23. The number of hydrogen-bond acceptors (Lipinski definition) is 2. The molecule has 1 rings (SSSR count). The lowest BCUT2D eigenvalue weighted by atomic mass is 10.2. The molecular formula is C8H5ClF2O2. The molecule has 0 bridgehead atoms. The predicted molar refractivity (Wildman–Crippen MR) is 43.3 cm³/mol. The molecule has 13 heavy (non-hydrogen) atoms. The average Bonchev–Trinajstić information content (AvgIpc) is 2.15. The van der Waals surface area contributed by atoms with Crippen LogP contribution >= 0.6 is 11.6 Å². The molecule has 1 aromatic carbocycles. The third-order valence-electron chi connectivity index (χ3n) is 1.49. The molecule has 1 aromatic rings. The van der Waals surface area contributed by atoms with Crippen LogP contribution in [-0.4, -0.2) is 13.4 Å². The largest absolute Gasteiger partial charge is 0.494 e. The summed E-state index contributed by atoms with van der Waals surface area (Å²) in [5.41, 5.74) is -0.330. The number of methoxy groups -OCH3 is 1. The lowest BCUT2D eigenvalue weighted by molar-refractivity contribution is 0.111. The fourth-order valence-electron chi connectivity index (χ4n) is 0.833. The smallest absolute Gasteiger partial charge is 0.186 e. The van der Waals surface area contributed by atoms with Gasteiger partial charge in [0.2, 0.25) is 0 Å². The van der Waals surface area contributed by atoms with E-state index >= 15 is 0 Å². The molecule has 0 spiro atoms. The SMILES string of the molecule is COc1cc(C=O)c(F)c(Cl)c1F. The summed E-state index contributed by atoms with van der Waals surface area (Å²) in [7, 11) is 1.20. The molecule has 5 heteroatoms. The summed E-state index contributed by atoms with van der Waals surface area (Å²) in [4.78, 5) is 10.3. The van der Waals surface area contributed by atoms with Crippen LogP contribution in [0.4, 0.5) is 8.78 Å². The molecule has 0 amide bonds. The summed E-state index contributed by atoms with van der Waals surface area (Å²) in [5, 5.41) is -0.735. The van der Waals surface area contributed by atoms with Crippen molar-refractivity contribution in [2.75, 3.05) is 7.11 Å². The van der Waals surface area contributed by atoms with Gasteiger partial charge in [-0.15, -0.1) is 0 Å². The highest BCUT2D eigenvalue weighted by Gasteiger charge is 2.16. The molecule has 0 heterocycles. The van der Waals surface area contributed by atoms with E-state index in [2.05, 4.69) is 4.74 Å². The Hall–Kier alpha value is -1.16. The van der Waals surface area contributed by atoms with Crippen LogP contribution in [0.15, 0.2) is 6.07 Å². The molecule has 0 atom stereocenters. The molecule has 0 aromatic heterocycles. The minimum Gasteiger partial charge on any atom is -0.494 e. The van der Waals surface area contributed by atoms with Crippen molar-refractivity contribution < 1.29 is 18.3 Å². The first-order valence-corrected chi connectivity index (χ1v) is 3.66. The van der Waals surface area contributed by atoms with Crippen molar-refractivity contribution in [2.45, 2.75) is 0 Å². The van der Waals surface area contributed by atoms with Gasteiger partial charge in [0, 0.05) is 0 Å². The third-order valence-corrected chi connectivity index (χ3v) is 1.82. The fourth-order valence-corrected chi connectivity index (χ4v) is 1.04. The van der Waals surface area contributed by atoms with Gasteiger partial charge in [0.15, 0.2) is 23.7 Å². The summed E-state index contributed by atoms with van der Waals surface area (Å²) in [5.74, 6) is -2.34. The highest BCUT2D eigenvalue weighted by molar-refractivity contribution is 6.31. The number of halogens is 3. The topological polar surface area (TPSA) is 26.3 Å². The minimum absolute atomic E-state index is 0.239. The number of carbonyl (C=O) groups is 1. The van der Waals surface area contributed by atoms with Crippen molar-refractivity contribution in [2.24, 2.45) is 0 Å². The first kappa shape index (κ1) is 9.92. The molecule has 70 valence electrons. The second kappa shape index (κ2) is 3.70. The summed E-state index contributed by atoms with van der Waals surface area (Å²) in [6.07, 6.45) is 0.239. The Labute approximate surface area is 78.1 Å². The van der Waals surface area contributed by atoms with Crippen LogP contribution in [0.3, 0.4) is 0 Å². The van der Waals surface area contributed by atoms with Crippen LogP contribution in [-0.2, 0) is 0 Å². The maximum atomic E-state index is 13.0. The van der Waals surface area contributed by atoms with Gasteiger partial charge in [0.05, 0.1) is 12.7 Å². The van der Waals surface area contributed by atoms with Gasteiger partial charge in [0.25, 0.3) is 0 Å². The summed E-state index contributed by atoms with van der Waals surface area (Å²) in [6, 6.07) is 0.948. The van der Waals surface area contributed by atoms with Crippen molar-refractivity contribution in [3.05, 3.63) is 28.3 Å². The number of hydrogen-bond donors (Lipinski definition) is 0. The molecule has 0 fully saturated rings. The number of ether oxygens (including phenoxy) is 1.